The second kappa shape index (κ2) is 8.81. The summed E-state index contributed by atoms with van der Waals surface area (Å²) in [6, 6.07) is 14.9. The minimum absolute atomic E-state index is 0.0980. The van der Waals surface area contributed by atoms with Crippen molar-refractivity contribution in [2.24, 2.45) is 0 Å². The number of methoxy groups -OCH3 is 1. The third-order valence-electron chi connectivity index (χ3n) is 4.07. The van der Waals surface area contributed by atoms with Crippen LogP contribution in [-0.2, 0) is 17.6 Å². The van der Waals surface area contributed by atoms with Gasteiger partial charge >= 0.3 is 5.69 Å². The van der Waals surface area contributed by atoms with Crippen molar-refractivity contribution in [1.29, 1.82) is 0 Å². The Kier molecular flexibility index (Phi) is 6.01. The van der Waals surface area contributed by atoms with Crippen LogP contribution in [0, 0.1) is 0 Å². The van der Waals surface area contributed by atoms with Crippen LogP contribution in [0.15, 0.2) is 53.3 Å². The number of carbonyl (C=O) groups excluding carboxylic acids is 1. The lowest BCUT2D eigenvalue weighted by atomic mass is 10.1. The minimum Gasteiger partial charge on any atom is -0.497 e. The fourth-order valence-electron chi connectivity index (χ4n) is 2.61. The van der Waals surface area contributed by atoms with Gasteiger partial charge in [0.25, 0.3) is 0 Å². The van der Waals surface area contributed by atoms with E-state index in [0.717, 1.165) is 11.3 Å². The van der Waals surface area contributed by atoms with Gasteiger partial charge in [-0.15, -0.1) is 0 Å². The molecular weight excluding hydrogens is 362 g/mol. The Hall–Kier alpha value is -3.68. The topological polar surface area (TPSA) is 116 Å². The number of hydrogen-bond donors (Lipinski definition) is 4. The maximum absolute atomic E-state index is 11.9. The van der Waals surface area contributed by atoms with Gasteiger partial charge in [0.15, 0.2) is 0 Å². The first-order valence-corrected chi connectivity index (χ1v) is 8.71. The van der Waals surface area contributed by atoms with E-state index in [0.29, 0.717) is 24.5 Å². The lowest BCUT2D eigenvalue weighted by molar-refractivity contribution is -0.120. The lowest BCUT2D eigenvalue weighted by Gasteiger charge is -2.08. The van der Waals surface area contributed by atoms with Crippen molar-refractivity contribution >= 4 is 5.91 Å². The number of benzene rings is 2. The first kappa shape index (κ1) is 19.1. The van der Waals surface area contributed by atoms with E-state index in [1.54, 1.807) is 7.11 Å². The van der Waals surface area contributed by atoms with Crippen molar-refractivity contribution in [3.63, 3.8) is 0 Å². The van der Waals surface area contributed by atoms with E-state index < -0.39 is 5.69 Å². The van der Waals surface area contributed by atoms with E-state index in [9.17, 15) is 14.7 Å². The van der Waals surface area contributed by atoms with E-state index in [1.165, 1.54) is 0 Å². The number of hydrogen-bond acceptors (Lipinski definition) is 5. The highest BCUT2D eigenvalue weighted by atomic mass is 16.5. The number of aromatic nitrogens is 2. The Labute approximate surface area is 161 Å². The normalized spacial score (nSPS) is 10.5. The summed E-state index contributed by atoms with van der Waals surface area (Å²) in [5.74, 6) is 1.59. The van der Waals surface area contributed by atoms with E-state index in [1.807, 2.05) is 48.5 Å². The van der Waals surface area contributed by atoms with Crippen LogP contribution in [0.5, 0.6) is 23.1 Å². The number of ether oxygens (including phenoxy) is 2. The summed E-state index contributed by atoms with van der Waals surface area (Å²) in [5, 5.41) is 12.2. The first-order chi connectivity index (χ1) is 13.5. The molecule has 0 bridgehead atoms. The molecule has 28 heavy (non-hydrogen) atoms. The molecule has 0 atom stereocenters. The molecule has 1 amide bonds. The predicted molar refractivity (Wildman–Crippen MR) is 103 cm³/mol. The van der Waals surface area contributed by atoms with Gasteiger partial charge < -0.3 is 24.9 Å². The molecule has 3 aromatic rings. The number of rotatable bonds is 8. The lowest BCUT2D eigenvalue weighted by Crippen LogP contribution is -2.27. The molecule has 8 heteroatoms. The molecule has 8 nitrogen and oxygen atoms in total. The number of nitrogens with one attached hydrogen (secondary N) is 3. The largest absolute Gasteiger partial charge is 0.497 e. The Bertz CT molecular complexity index is 974. The molecular formula is C20H21N3O5. The monoisotopic (exact) mass is 383 g/mol. The van der Waals surface area contributed by atoms with E-state index >= 15 is 0 Å². The summed E-state index contributed by atoms with van der Waals surface area (Å²) in [4.78, 5) is 27.5. The highest BCUT2D eigenvalue weighted by Gasteiger charge is 2.10. The minimum atomic E-state index is -0.544. The Morgan fingerprint density at radius 2 is 1.61 bits per heavy atom. The van der Waals surface area contributed by atoms with Crippen molar-refractivity contribution in [3.05, 3.63) is 70.3 Å². The fraction of sp³-hybridized carbons (Fsp3) is 0.200. The van der Waals surface area contributed by atoms with Gasteiger partial charge in [-0.1, -0.05) is 12.1 Å². The first-order valence-electron chi connectivity index (χ1n) is 8.71. The molecule has 2 aromatic carbocycles. The molecule has 146 valence electrons. The zero-order valence-electron chi connectivity index (χ0n) is 15.3. The van der Waals surface area contributed by atoms with Gasteiger partial charge in [0, 0.05) is 6.54 Å². The molecule has 0 aliphatic heterocycles. The van der Waals surface area contributed by atoms with Gasteiger partial charge in [-0.2, -0.15) is 0 Å². The van der Waals surface area contributed by atoms with Crippen molar-refractivity contribution in [3.8, 4) is 23.1 Å². The summed E-state index contributed by atoms with van der Waals surface area (Å²) < 4.78 is 10.9. The summed E-state index contributed by atoms with van der Waals surface area (Å²) >= 11 is 0. The molecule has 0 saturated heterocycles. The molecule has 0 aliphatic rings. The summed E-state index contributed by atoms with van der Waals surface area (Å²) in [6.07, 6.45) is 0.545. The van der Waals surface area contributed by atoms with Crippen LogP contribution in [0.25, 0.3) is 0 Å². The van der Waals surface area contributed by atoms with Gasteiger partial charge in [0.1, 0.15) is 17.2 Å². The van der Waals surface area contributed by atoms with Crippen molar-refractivity contribution < 1.29 is 19.4 Å². The van der Waals surface area contributed by atoms with E-state index in [2.05, 4.69) is 15.3 Å². The van der Waals surface area contributed by atoms with Crippen LogP contribution >= 0.6 is 0 Å². The summed E-state index contributed by atoms with van der Waals surface area (Å²) in [6.45, 7) is 0.437. The van der Waals surface area contributed by atoms with Gasteiger partial charge in [0.2, 0.25) is 11.8 Å². The average Bonchev–Trinajstić information content (AvgIpc) is 3.00. The maximum Gasteiger partial charge on any atom is 0.325 e. The van der Waals surface area contributed by atoms with Crippen LogP contribution in [0.1, 0.15) is 11.3 Å². The smallest absolute Gasteiger partial charge is 0.325 e. The van der Waals surface area contributed by atoms with E-state index in [4.69, 9.17) is 9.47 Å². The number of amides is 1. The van der Waals surface area contributed by atoms with Crippen LogP contribution in [0.4, 0.5) is 0 Å². The Morgan fingerprint density at radius 1 is 1.00 bits per heavy atom. The number of imidazole rings is 1. The highest BCUT2D eigenvalue weighted by molar-refractivity contribution is 5.78. The molecule has 0 saturated carbocycles. The van der Waals surface area contributed by atoms with Crippen molar-refractivity contribution in [2.75, 3.05) is 13.7 Å². The molecule has 0 aliphatic carbocycles. The zero-order chi connectivity index (χ0) is 19.9. The molecule has 4 N–H and O–H groups in total. The molecule has 1 aromatic heterocycles. The number of H-pyrrole nitrogens is 2. The van der Waals surface area contributed by atoms with Gasteiger partial charge in [0.05, 0.1) is 19.2 Å². The van der Waals surface area contributed by atoms with Crippen LogP contribution in [-0.4, -0.2) is 34.6 Å². The fourth-order valence-corrected chi connectivity index (χ4v) is 2.61. The SMILES string of the molecule is COc1ccc(Oc2ccc(CCNC(=O)Cc3[nH]c(=O)[nH]c3O)cc2)cc1. The molecule has 0 fully saturated rings. The van der Waals surface area contributed by atoms with Gasteiger partial charge in [-0.05, 0) is 48.4 Å². The third-order valence-corrected chi connectivity index (χ3v) is 4.07. The second-order valence-corrected chi connectivity index (χ2v) is 6.10. The van der Waals surface area contributed by atoms with Crippen LogP contribution < -0.4 is 20.5 Å². The van der Waals surface area contributed by atoms with Crippen molar-refractivity contribution in [1.82, 2.24) is 15.3 Å². The third kappa shape index (κ3) is 5.16. The number of aromatic amines is 2. The quantitative estimate of drug-likeness (QED) is 0.475. The Morgan fingerprint density at radius 3 is 2.18 bits per heavy atom. The standard InChI is InChI=1S/C20H21N3O5/c1-27-14-6-8-16(9-7-14)28-15-4-2-13(3-5-15)10-11-21-18(24)12-17-19(25)23-20(26)22-17/h2-9,25H,10-12H2,1H3,(H,21,24)(H2,22,23,26). The summed E-state index contributed by atoms with van der Waals surface area (Å²) in [5.41, 5.74) is 0.667. The van der Waals surface area contributed by atoms with Crippen molar-refractivity contribution in [2.45, 2.75) is 12.8 Å². The second-order valence-electron chi connectivity index (χ2n) is 6.10. The highest BCUT2D eigenvalue weighted by Crippen LogP contribution is 2.24. The zero-order valence-corrected chi connectivity index (χ0v) is 15.3. The van der Waals surface area contributed by atoms with Crippen LogP contribution in [0.2, 0.25) is 0 Å². The van der Waals surface area contributed by atoms with Gasteiger partial charge in [-0.3, -0.25) is 9.78 Å². The maximum atomic E-state index is 11.9. The molecule has 0 unspecified atom stereocenters. The summed E-state index contributed by atoms with van der Waals surface area (Å²) in [7, 11) is 1.61. The van der Waals surface area contributed by atoms with Gasteiger partial charge in [-0.25, -0.2) is 4.79 Å². The van der Waals surface area contributed by atoms with Crippen LogP contribution in [0.3, 0.4) is 0 Å². The Balaban J connectivity index is 1.45. The molecule has 1 heterocycles. The molecule has 0 spiro atoms. The predicted octanol–water partition coefficient (Wildman–Crippen LogP) is 2.11. The van der Waals surface area contributed by atoms with E-state index in [-0.39, 0.29) is 23.9 Å². The molecule has 3 rings (SSSR count). The number of aromatic hydroxyl groups is 1. The molecule has 0 radical (unpaired) electrons. The number of carbonyl (C=O) groups is 1. The average molecular weight is 383 g/mol.